The molecule has 6 heteroatoms. The van der Waals surface area contributed by atoms with Crippen LogP contribution in [0, 0.1) is 6.92 Å². The SMILES string of the molecule is Cc1nn(-c2ncccn2)c2c1[C@@H](c1cccc3ccccc13)CC(=O)N2. The van der Waals surface area contributed by atoms with Crippen LogP contribution in [0.3, 0.4) is 0 Å². The summed E-state index contributed by atoms with van der Waals surface area (Å²) in [6, 6.07) is 16.3. The molecule has 1 aliphatic heterocycles. The fraction of sp³-hybridized carbons (Fsp3) is 0.143. The summed E-state index contributed by atoms with van der Waals surface area (Å²) in [4.78, 5) is 21.1. The first-order valence-electron chi connectivity index (χ1n) is 8.87. The topological polar surface area (TPSA) is 72.7 Å². The maximum Gasteiger partial charge on any atom is 0.252 e. The molecule has 2 aromatic carbocycles. The van der Waals surface area contributed by atoms with Crippen molar-refractivity contribution in [3.8, 4) is 5.95 Å². The van der Waals surface area contributed by atoms with Crippen molar-refractivity contribution in [1.82, 2.24) is 19.7 Å². The minimum atomic E-state index is -0.0580. The second-order valence-electron chi connectivity index (χ2n) is 6.68. The van der Waals surface area contributed by atoms with Crippen LogP contribution in [0.15, 0.2) is 60.9 Å². The number of amides is 1. The highest BCUT2D eigenvalue weighted by atomic mass is 16.1. The number of anilines is 1. The largest absolute Gasteiger partial charge is 0.310 e. The third kappa shape index (κ3) is 2.49. The van der Waals surface area contributed by atoms with E-state index in [9.17, 15) is 4.79 Å². The summed E-state index contributed by atoms with van der Waals surface area (Å²) in [6.45, 7) is 1.97. The van der Waals surface area contributed by atoms with Crippen LogP contribution in [-0.2, 0) is 4.79 Å². The molecule has 5 rings (SSSR count). The molecule has 3 heterocycles. The van der Waals surface area contributed by atoms with Gasteiger partial charge in [0.1, 0.15) is 5.82 Å². The van der Waals surface area contributed by atoms with Gasteiger partial charge in [-0.3, -0.25) is 4.79 Å². The van der Waals surface area contributed by atoms with Gasteiger partial charge in [-0.1, -0.05) is 42.5 Å². The number of hydrogen-bond donors (Lipinski definition) is 1. The van der Waals surface area contributed by atoms with E-state index in [-0.39, 0.29) is 11.8 Å². The van der Waals surface area contributed by atoms with Gasteiger partial charge in [0.05, 0.1) is 5.69 Å². The van der Waals surface area contributed by atoms with Gasteiger partial charge in [-0.15, -0.1) is 0 Å². The van der Waals surface area contributed by atoms with Crippen molar-refractivity contribution in [2.45, 2.75) is 19.3 Å². The molecule has 0 fully saturated rings. The Hall–Kier alpha value is -3.54. The molecular weight excluding hydrogens is 338 g/mol. The molecule has 27 heavy (non-hydrogen) atoms. The molecule has 0 bridgehead atoms. The molecule has 0 radical (unpaired) electrons. The molecule has 1 amide bonds. The molecule has 4 aromatic rings. The third-order valence-corrected chi connectivity index (χ3v) is 5.04. The molecule has 0 saturated carbocycles. The number of rotatable bonds is 2. The summed E-state index contributed by atoms with van der Waals surface area (Å²) in [5.41, 5.74) is 3.04. The van der Waals surface area contributed by atoms with E-state index in [0.717, 1.165) is 22.2 Å². The van der Waals surface area contributed by atoms with Gasteiger partial charge in [-0.25, -0.2) is 9.97 Å². The minimum Gasteiger partial charge on any atom is -0.310 e. The zero-order valence-corrected chi connectivity index (χ0v) is 14.8. The number of carbonyl (C=O) groups excluding carboxylic acids is 1. The molecule has 6 nitrogen and oxygen atoms in total. The highest BCUT2D eigenvalue weighted by Gasteiger charge is 2.33. The molecular formula is C21H17N5O. The van der Waals surface area contributed by atoms with Gasteiger partial charge in [0.2, 0.25) is 5.91 Å². The predicted molar refractivity (Wildman–Crippen MR) is 103 cm³/mol. The van der Waals surface area contributed by atoms with E-state index in [1.165, 1.54) is 5.39 Å². The Balaban J connectivity index is 1.74. The molecule has 1 aliphatic rings. The maximum atomic E-state index is 12.5. The van der Waals surface area contributed by atoms with Crippen molar-refractivity contribution in [3.63, 3.8) is 0 Å². The fourth-order valence-corrected chi connectivity index (χ4v) is 3.91. The van der Waals surface area contributed by atoms with Crippen LogP contribution < -0.4 is 5.32 Å². The van der Waals surface area contributed by atoms with Crippen LogP contribution in [0.1, 0.15) is 29.2 Å². The third-order valence-electron chi connectivity index (χ3n) is 5.04. The second-order valence-corrected chi connectivity index (χ2v) is 6.68. The molecule has 2 aromatic heterocycles. The van der Waals surface area contributed by atoms with Gasteiger partial charge < -0.3 is 5.32 Å². The number of nitrogens with one attached hydrogen (secondary N) is 1. The van der Waals surface area contributed by atoms with Gasteiger partial charge in [-0.2, -0.15) is 9.78 Å². The second kappa shape index (κ2) is 6.02. The highest BCUT2D eigenvalue weighted by Crippen LogP contribution is 2.41. The van der Waals surface area contributed by atoms with E-state index in [4.69, 9.17) is 0 Å². The first-order valence-corrected chi connectivity index (χ1v) is 8.87. The number of aryl methyl sites for hydroxylation is 1. The lowest BCUT2D eigenvalue weighted by Crippen LogP contribution is -2.25. The zero-order valence-electron chi connectivity index (χ0n) is 14.8. The normalized spacial score (nSPS) is 16.2. The summed E-state index contributed by atoms with van der Waals surface area (Å²) in [6.07, 6.45) is 3.72. The van der Waals surface area contributed by atoms with Gasteiger partial charge in [0.25, 0.3) is 5.95 Å². The van der Waals surface area contributed by atoms with Gasteiger partial charge in [0.15, 0.2) is 0 Å². The van der Waals surface area contributed by atoms with Crippen LogP contribution in [-0.4, -0.2) is 25.7 Å². The zero-order chi connectivity index (χ0) is 18.4. The van der Waals surface area contributed by atoms with Gasteiger partial charge >= 0.3 is 0 Å². The summed E-state index contributed by atoms with van der Waals surface area (Å²) < 4.78 is 1.62. The predicted octanol–water partition coefficient (Wildman–Crippen LogP) is 3.60. The maximum absolute atomic E-state index is 12.5. The average Bonchev–Trinajstić information content (AvgIpc) is 3.04. The molecule has 1 atom stereocenters. The summed E-state index contributed by atoms with van der Waals surface area (Å²) in [5.74, 6) is 1.02. The van der Waals surface area contributed by atoms with Crippen LogP contribution >= 0.6 is 0 Å². The Morgan fingerprint density at radius 2 is 1.81 bits per heavy atom. The van der Waals surface area contributed by atoms with E-state index in [1.54, 1.807) is 23.1 Å². The highest BCUT2D eigenvalue weighted by molar-refractivity contribution is 5.96. The number of fused-ring (bicyclic) bond motifs is 2. The first-order chi connectivity index (χ1) is 13.2. The Bertz CT molecular complexity index is 1160. The van der Waals surface area contributed by atoms with E-state index >= 15 is 0 Å². The number of carbonyl (C=O) groups is 1. The molecule has 132 valence electrons. The van der Waals surface area contributed by atoms with Crippen LogP contribution in [0.5, 0.6) is 0 Å². The molecule has 0 aliphatic carbocycles. The fourth-order valence-electron chi connectivity index (χ4n) is 3.91. The number of benzene rings is 2. The molecule has 0 spiro atoms. The van der Waals surface area contributed by atoms with Crippen LogP contribution in [0.25, 0.3) is 16.7 Å². The quantitative estimate of drug-likeness (QED) is 0.596. The Morgan fingerprint density at radius 1 is 1.04 bits per heavy atom. The van der Waals surface area contributed by atoms with Crippen molar-refractivity contribution in [2.75, 3.05) is 5.32 Å². The average molecular weight is 355 g/mol. The standard InChI is InChI=1S/C21H17N5O/c1-13-19-17(16-9-4-7-14-6-2-3-8-15(14)16)12-18(27)24-20(19)26(25-13)21-22-10-5-11-23-21/h2-11,17H,12H2,1H3,(H,24,27)/t17-/m1/s1. The molecule has 1 N–H and O–H groups in total. The lowest BCUT2D eigenvalue weighted by atomic mass is 9.83. The summed E-state index contributed by atoms with van der Waals surface area (Å²) in [7, 11) is 0. The number of hydrogen-bond acceptors (Lipinski definition) is 4. The van der Waals surface area contributed by atoms with E-state index in [1.807, 2.05) is 25.1 Å². The minimum absolute atomic E-state index is 0.0301. The first kappa shape index (κ1) is 15.7. The van der Waals surface area contributed by atoms with Crippen molar-refractivity contribution in [2.24, 2.45) is 0 Å². The van der Waals surface area contributed by atoms with Crippen molar-refractivity contribution >= 4 is 22.5 Å². The Morgan fingerprint density at radius 3 is 2.67 bits per heavy atom. The van der Waals surface area contributed by atoms with Crippen LogP contribution in [0.2, 0.25) is 0 Å². The smallest absolute Gasteiger partial charge is 0.252 e. The molecule has 0 unspecified atom stereocenters. The lowest BCUT2D eigenvalue weighted by molar-refractivity contribution is -0.116. The van der Waals surface area contributed by atoms with E-state index < -0.39 is 0 Å². The Kier molecular flexibility index (Phi) is 3.50. The van der Waals surface area contributed by atoms with Crippen molar-refractivity contribution in [1.29, 1.82) is 0 Å². The summed E-state index contributed by atoms with van der Waals surface area (Å²) in [5, 5.41) is 9.93. The van der Waals surface area contributed by atoms with E-state index in [2.05, 4.69) is 44.6 Å². The lowest BCUT2D eigenvalue weighted by Gasteiger charge is -2.25. The van der Waals surface area contributed by atoms with Crippen molar-refractivity contribution < 1.29 is 4.79 Å². The van der Waals surface area contributed by atoms with Gasteiger partial charge in [-0.05, 0) is 29.3 Å². The van der Waals surface area contributed by atoms with Gasteiger partial charge in [0, 0.05) is 30.3 Å². The number of aromatic nitrogens is 4. The number of nitrogens with zero attached hydrogens (tertiary/aromatic N) is 4. The van der Waals surface area contributed by atoms with E-state index in [0.29, 0.717) is 18.2 Å². The summed E-state index contributed by atoms with van der Waals surface area (Å²) >= 11 is 0. The van der Waals surface area contributed by atoms with Crippen LogP contribution in [0.4, 0.5) is 5.82 Å². The Labute approximate surface area is 155 Å². The molecule has 0 saturated heterocycles. The van der Waals surface area contributed by atoms with Crippen molar-refractivity contribution in [3.05, 3.63) is 77.7 Å². The monoisotopic (exact) mass is 355 g/mol.